The summed E-state index contributed by atoms with van der Waals surface area (Å²) in [6.45, 7) is 11.1. The molecule has 1 N–H and O–H groups in total. The Labute approximate surface area is 151 Å². The molecule has 2 unspecified atom stereocenters. The highest BCUT2D eigenvalue weighted by atomic mass is 16.2. The summed E-state index contributed by atoms with van der Waals surface area (Å²) in [6, 6.07) is 0.345. The van der Waals surface area contributed by atoms with E-state index in [0.717, 1.165) is 30.0 Å². The minimum atomic E-state index is -0.434. The fourth-order valence-corrected chi connectivity index (χ4v) is 5.07. The van der Waals surface area contributed by atoms with Gasteiger partial charge in [0.15, 0.2) is 11.2 Å². The minimum Gasteiger partial charge on any atom is -0.311 e. The molecule has 1 aliphatic rings. The smallest absolute Gasteiger partial charge is 0.311 e. The average molecular weight is 357 g/mol. The summed E-state index contributed by atoms with van der Waals surface area (Å²) in [5.74, 6) is 1.40. The predicted molar refractivity (Wildman–Crippen MR) is 102 cm³/mol. The second-order valence-corrected chi connectivity index (χ2v) is 8.85. The second-order valence-electron chi connectivity index (χ2n) is 8.85. The van der Waals surface area contributed by atoms with Crippen LogP contribution in [0.15, 0.2) is 9.59 Å². The summed E-state index contributed by atoms with van der Waals surface area (Å²) in [5, 5.41) is 0. The number of hydrogen-bond donors (Lipinski definition) is 1. The molecule has 140 valence electrons. The standard InChI is InChI=1S/C19H27N5O2/c1-10-7-13(9-19(4,5)8-10)23-11(2)12(3)24-14-15(20-17(23)24)22(6)18(26)21-16(14)25/h10,13H,7-9H2,1-6H3,(H,21,25,26). The third kappa shape index (κ3) is 2.29. The molecular formula is C19H27N5O2. The fourth-order valence-electron chi connectivity index (χ4n) is 5.07. The number of aryl methyl sites for hydroxylation is 2. The lowest BCUT2D eigenvalue weighted by Gasteiger charge is -2.40. The van der Waals surface area contributed by atoms with Crippen molar-refractivity contribution in [2.45, 2.75) is 59.9 Å². The van der Waals surface area contributed by atoms with Crippen molar-refractivity contribution in [1.82, 2.24) is 23.5 Å². The van der Waals surface area contributed by atoms with Crippen LogP contribution in [0.4, 0.5) is 0 Å². The number of hydrogen-bond acceptors (Lipinski definition) is 3. The van der Waals surface area contributed by atoms with Gasteiger partial charge < -0.3 is 4.57 Å². The number of rotatable bonds is 1. The van der Waals surface area contributed by atoms with E-state index in [9.17, 15) is 9.59 Å². The minimum absolute atomic E-state index is 0.278. The first-order valence-corrected chi connectivity index (χ1v) is 9.29. The Balaban J connectivity index is 2.05. The molecule has 3 aromatic rings. The predicted octanol–water partition coefficient (Wildman–Crippen LogP) is 2.68. The van der Waals surface area contributed by atoms with Gasteiger partial charge in [-0.3, -0.25) is 18.7 Å². The van der Waals surface area contributed by atoms with E-state index in [1.54, 1.807) is 7.05 Å². The van der Waals surface area contributed by atoms with E-state index in [1.807, 2.05) is 11.3 Å². The van der Waals surface area contributed by atoms with Gasteiger partial charge in [0, 0.05) is 24.5 Å². The van der Waals surface area contributed by atoms with Crippen molar-refractivity contribution in [3.8, 4) is 0 Å². The van der Waals surface area contributed by atoms with Crippen molar-refractivity contribution in [1.29, 1.82) is 0 Å². The van der Waals surface area contributed by atoms with E-state index in [4.69, 9.17) is 4.98 Å². The molecule has 0 saturated heterocycles. The average Bonchev–Trinajstić information content (AvgIpc) is 3.00. The van der Waals surface area contributed by atoms with Crippen molar-refractivity contribution in [2.75, 3.05) is 0 Å². The van der Waals surface area contributed by atoms with Gasteiger partial charge in [-0.05, 0) is 44.4 Å². The molecule has 1 saturated carbocycles. The topological polar surface area (TPSA) is 77.1 Å². The monoisotopic (exact) mass is 357 g/mol. The highest BCUT2D eigenvalue weighted by molar-refractivity contribution is 5.76. The summed E-state index contributed by atoms with van der Waals surface area (Å²) in [5.41, 5.74) is 2.49. The number of nitrogens with one attached hydrogen (secondary N) is 1. The molecule has 0 spiro atoms. The molecule has 0 aliphatic heterocycles. The first kappa shape index (κ1) is 17.1. The van der Waals surface area contributed by atoms with Crippen LogP contribution < -0.4 is 11.2 Å². The van der Waals surface area contributed by atoms with Gasteiger partial charge in [0.05, 0.1) is 0 Å². The molecule has 2 atom stereocenters. The van der Waals surface area contributed by atoms with Crippen LogP contribution in [0.5, 0.6) is 0 Å². The van der Waals surface area contributed by atoms with Gasteiger partial charge in [-0.25, -0.2) is 4.79 Å². The molecule has 1 fully saturated rings. The zero-order chi connectivity index (χ0) is 19.0. The molecule has 0 bridgehead atoms. The second kappa shape index (κ2) is 5.34. The van der Waals surface area contributed by atoms with Crippen LogP contribution in [0.1, 0.15) is 57.5 Å². The summed E-state index contributed by atoms with van der Waals surface area (Å²) in [6.07, 6.45) is 3.41. The maximum atomic E-state index is 12.5. The molecule has 7 nitrogen and oxygen atoms in total. The van der Waals surface area contributed by atoms with Crippen LogP contribution in [-0.2, 0) is 7.05 Å². The Kier molecular flexibility index (Phi) is 3.52. The van der Waals surface area contributed by atoms with Gasteiger partial charge in [0.1, 0.15) is 0 Å². The lowest BCUT2D eigenvalue weighted by molar-refractivity contribution is 0.138. The Morgan fingerprint density at radius 2 is 1.85 bits per heavy atom. The number of fused-ring (bicyclic) bond motifs is 3. The van der Waals surface area contributed by atoms with Crippen molar-refractivity contribution in [2.24, 2.45) is 18.4 Å². The van der Waals surface area contributed by atoms with Gasteiger partial charge in [-0.15, -0.1) is 0 Å². The SMILES string of the molecule is Cc1c(C)n2c3c(=O)[nH]c(=O)n(C)c3nc2n1C1CC(C)CC(C)(C)C1. The molecule has 3 aromatic heterocycles. The number of aromatic amines is 1. The molecular weight excluding hydrogens is 330 g/mol. The molecule has 0 radical (unpaired) electrons. The first-order chi connectivity index (χ1) is 12.1. The van der Waals surface area contributed by atoms with Gasteiger partial charge in [-0.1, -0.05) is 20.8 Å². The van der Waals surface area contributed by atoms with E-state index >= 15 is 0 Å². The third-order valence-electron chi connectivity index (χ3n) is 6.06. The van der Waals surface area contributed by atoms with Crippen LogP contribution in [-0.4, -0.2) is 23.5 Å². The molecule has 1 aliphatic carbocycles. The molecule has 0 amide bonds. The summed E-state index contributed by atoms with van der Waals surface area (Å²) in [4.78, 5) is 31.6. The van der Waals surface area contributed by atoms with Crippen LogP contribution >= 0.6 is 0 Å². The number of imidazole rings is 2. The van der Waals surface area contributed by atoms with Gasteiger partial charge in [0.25, 0.3) is 5.56 Å². The van der Waals surface area contributed by atoms with Crippen LogP contribution in [0, 0.1) is 25.2 Å². The van der Waals surface area contributed by atoms with E-state index in [1.165, 1.54) is 11.0 Å². The first-order valence-electron chi connectivity index (χ1n) is 9.29. The zero-order valence-electron chi connectivity index (χ0n) is 16.4. The highest BCUT2D eigenvalue weighted by Crippen LogP contribution is 2.45. The van der Waals surface area contributed by atoms with E-state index in [-0.39, 0.29) is 11.0 Å². The van der Waals surface area contributed by atoms with E-state index in [0.29, 0.717) is 23.1 Å². The number of nitrogens with zero attached hydrogens (tertiary/aromatic N) is 4. The van der Waals surface area contributed by atoms with Crippen molar-refractivity contribution >= 4 is 16.9 Å². The molecule has 4 rings (SSSR count). The van der Waals surface area contributed by atoms with E-state index in [2.05, 4.69) is 37.2 Å². The zero-order valence-corrected chi connectivity index (χ0v) is 16.4. The van der Waals surface area contributed by atoms with Gasteiger partial charge in [-0.2, -0.15) is 4.98 Å². The summed E-state index contributed by atoms with van der Waals surface area (Å²) >= 11 is 0. The van der Waals surface area contributed by atoms with Gasteiger partial charge >= 0.3 is 5.69 Å². The highest BCUT2D eigenvalue weighted by Gasteiger charge is 2.35. The molecule has 26 heavy (non-hydrogen) atoms. The molecule has 3 heterocycles. The Hall–Kier alpha value is -2.31. The third-order valence-corrected chi connectivity index (χ3v) is 6.06. The number of H-pyrrole nitrogens is 1. The maximum absolute atomic E-state index is 12.5. The normalized spacial score (nSPS) is 23.2. The van der Waals surface area contributed by atoms with Crippen molar-refractivity contribution in [3.63, 3.8) is 0 Å². The van der Waals surface area contributed by atoms with Crippen LogP contribution in [0.25, 0.3) is 16.9 Å². The van der Waals surface area contributed by atoms with E-state index < -0.39 is 5.69 Å². The van der Waals surface area contributed by atoms with Gasteiger partial charge in [0.2, 0.25) is 5.78 Å². The summed E-state index contributed by atoms with van der Waals surface area (Å²) in [7, 11) is 1.64. The van der Waals surface area contributed by atoms with Crippen molar-refractivity contribution in [3.05, 3.63) is 32.2 Å². The lowest BCUT2D eigenvalue weighted by Crippen LogP contribution is -2.30. The van der Waals surface area contributed by atoms with Crippen LogP contribution in [0.3, 0.4) is 0 Å². The fraction of sp³-hybridized carbons (Fsp3) is 0.632. The van der Waals surface area contributed by atoms with Crippen LogP contribution in [0.2, 0.25) is 0 Å². The quantitative estimate of drug-likeness (QED) is 0.727. The number of aromatic nitrogens is 5. The Morgan fingerprint density at radius 3 is 2.50 bits per heavy atom. The Morgan fingerprint density at radius 1 is 1.15 bits per heavy atom. The Bertz CT molecular complexity index is 1140. The molecule has 0 aromatic carbocycles. The lowest BCUT2D eigenvalue weighted by atomic mass is 9.70. The summed E-state index contributed by atoms with van der Waals surface area (Å²) < 4.78 is 5.61. The van der Waals surface area contributed by atoms with Crippen molar-refractivity contribution < 1.29 is 0 Å². The molecule has 7 heteroatoms. The maximum Gasteiger partial charge on any atom is 0.329 e. The largest absolute Gasteiger partial charge is 0.329 e.